The Morgan fingerprint density at radius 3 is 2.70 bits per heavy atom. The van der Waals surface area contributed by atoms with Crippen LogP contribution in [-0.4, -0.2) is 12.5 Å². The molecule has 102 valence electrons. The Morgan fingerprint density at radius 1 is 1.10 bits per heavy atom. The van der Waals surface area contributed by atoms with Gasteiger partial charge in [-0.25, -0.2) is 0 Å². The van der Waals surface area contributed by atoms with Crippen molar-refractivity contribution in [2.75, 3.05) is 6.61 Å². The number of ether oxygens (including phenoxy) is 1. The van der Waals surface area contributed by atoms with E-state index in [1.165, 1.54) is 0 Å². The van der Waals surface area contributed by atoms with Gasteiger partial charge in [0.2, 0.25) is 5.91 Å². The largest absolute Gasteiger partial charge is 0.492 e. The molecule has 3 nitrogen and oxygen atoms in total. The molecule has 1 aliphatic rings. The smallest absolute Gasteiger partial charge is 0.227 e. The van der Waals surface area contributed by atoms with Crippen molar-refractivity contribution in [3.63, 3.8) is 0 Å². The maximum Gasteiger partial charge on any atom is 0.227 e. The minimum Gasteiger partial charge on any atom is -0.492 e. The van der Waals surface area contributed by atoms with Crippen LogP contribution in [-0.2, 0) is 17.8 Å². The van der Waals surface area contributed by atoms with Crippen LogP contribution in [0.15, 0.2) is 54.6 Å². The van der Waals surface area contributed by atoms with Crippen LogP contribution in [0.4, 0.5) is 0 Å². The van der Waals surface area contributed by atoms with Gasteiger partial charge in [0, 0.05) is 6.54 Å². The van der Waals surface area contributed by atoms with Crippen molar-refractivity contribution >= 4 is 5.91 Å². The van der Waals surface area contributed by atoms with Crippen molar-refractivity contribution in [1.29, 1.82) is 0 Å². The molecular weight excluding hydrogens is 250 g/mol. The summed E-state index contributed by atoms with van der Waals surface area (Å²) in [5, 5.41) is 2.98. The lowest BCUT2D eigenvalue weighted by atomic mass is 9.96. The average Bonchev–Trinajstić information content (AvgIpc) is 2.53. The van der Waals surface area contributed by atoms with Gasteiger partial charge >= 0.3 is 0 Å². The van der Waals surface area contributed by atoms with E-state index in [2.05, 4.69) is 5.32 Å². The van der Waals surface area contributed by atoms with E-state index in [0.717, 1.165) is 23.3 Å². The van der Waals surface area contributed by atoms with E-state index in [0.29, 0.717) is 13.2 Å². The van der Waals surface area contributed by atoms with E-state index in [4.69, 9.17) is 4.74 Å². The van der Waals surface area contributed by atoms with Crippen molar-refractivity contribution in [3.05, 3.63) is 65.7 Å². The third kappa shape index (κ3) is 2.82. The second-order valence-corrected chi connectivity index (χ2v) is 5.02. The van der Waals surface area contributed by atoms with Crippen LogP contribution >= 0.6 is 0 Å². The van der Waals surface area contributed by atoms with Crippen LogP contribution < -0.4 is 10.1 Å². The predicted molar refractivity (Wildman–Crippen MR) is 77.4 cm³/mol. The second-order valence-electron chi connectivity index (χ2n) is 5.02. The van der Waals surface area contributed by atoms with Crippen LogP contribution in [0.3, 0.4) is 0 Å². The van der Waals surface area contributed by atoms with Gasteiger partial charge < -0.3 is 10.1 Å². The lowest BCUT2D eigenvalue weighted by Crippen LogP contribution is -2.37. The molecular formula is C17H17NO2. The first kappa shape index (κ1) is 12.7. The molecule has 3 rings (SSSR count). The van der Waals surface area contributed by atoms with E-state index in [1.807, 2.05) is 54.6 Å². The summed E-state index contributed by atoms with van der Waals surface area (Å²) >= 11 is 0. The molecule has 0 unspecified atom stereocenters. The molecule has 1 amide bonds. The molecule has 1 N–H and O–H groups in total. The van der Waals surface area contributed by atoms with Gasteiger partial charge in [-0.3, -0.25) is 4.79 Å². The summed E-state index contributed by atoms with van der Waals surface area (Å²) < 4.78 is 5.65. The van der Waals surface area contributed by atoms with E-state index in [1.54, 1.807) is 0 Å². The highest BCUT2D eigenvalue weighted by Crippen LogP contribution is 2.26. The summed E-state index contributed by atoms with van der Waals surface area (Å²) in [6, 6.07) is 17.8. The molecule has 0 radical (unpaired) electrons. The third-order valence-electron chi connectivity index (χ3n) is 3.56. The van der Waals surface area contributed by atoms with Crippen LogP contribution in [0, 0.1) is 5.92 Å². The number of amides is 1. The van der Waals surface area contributed by atoms with Crippen LogP contribution in [0.1, 0.15) is 11.1 Å². The van der Waals surface area contributed by atoms with Crippen molar-refractivity contribution in [1.82, 2.24) is 5.32 Å². The van der Waals surface area contributed by atoms with Crippen molar-refractivity contribution < 1.29 is 9.53 Å². The Kier molecular flexibility index (Phi) is 3.68. The normalized spacial score (nSPS) is 16.9. The Bertz CT molecular complexity index is 595. The number of hydrogen-bond acceptors (Lipinski definition) is 2. The monoisotopic (exact) mass is 267 g/mol. The standard InChI is InChI=1S/C17H17NO2/c19-17(18-11-13-6-2-1-3-7-13)15-10-14-8-4-5-9-16(14)20-12-15/h1-9,15H,10-12H2,(H,18,19)/t15-/m1/s1. The first-order chi connectivity index (χ1) is 9.83. The van der Waals surface area contributed by atoms with Gasteiger partial charge in [-0.15, -0.1) is 0 Å². The number of rotatable bonds is 3. The lowest BCUT2D eigenvalue weighted by molar-refractivity contribution is -0.126. The average molecular weight is 267 g/mol. The number of para-hydroxylation sites is 1. The molecule has 0 bridgehead atoms. The van der Waals surface area contributed by atoms with Gasteiger partial charge in [0.25, 0.3) is 0 Å². The zero-order valence-electron chi connectivity index (χ0n) is 11.2. The molecule has 0 fully saturated rings. The fourth-order valence-electron chi connectivity index (χ4n) is 2.43. The van der Waals surface area contributed by atoms with Gasteiger partial charge in [0.1, 0.15) is 12.4 Å². The molecule has 2 aromatic carbocycles. The van der Waals surface area contributed by atoms with Gasteiger partial charge in [0.05, 0.1) is 5.92 Å². The summed E-state index contributed by atoms with van der Waals surface area (Å²) in [4.78, 5) is 12.2. The molecule has 0 spiro atoms. The molecule has 0 aromatic heterocycles. The second kappa shape index (κ2) is 5.78. The quantitative estimate of drug-likeness (QED) is 0.928. The molecule has 3 heteroatoms. The number of carbonyl (C=O) groups excluding carboxylic acids is 1. The SMILES string of the molecule is O=C(NCc1ccccc1)[C@H]1COc2ccccc2C1. The van der Waals surface area contributed by atoms with Gasteiger partial charge in [-0.2, -0.15) is 0 Å². The first-order valence-electron chi connectivity index (χ1n) is 6.85. The predicted octanol–water partition coefficient (Wildman–Crippen LogP) is 2.55. The third-order valence-corrected chi connectivity index (χ3v) is 3.56. The van der Waals surface area contributed by atoms with Crippen LogP contribution in [0.5, 0.6) is 5.75 Å². The highest BCUT2D eigenvalue weighted by Gasteiger charge is 2.25. The van der Waals surface area contributed by atoms with Crippen molar-refractivity contribution in [2.24, 2.45) is 5.92 Å². The summed E-state index contributed by atoms with van der Waals surface area (Å²) in [7, 11) is 0. The summed E-state index contributed by atoms with van der Waals surface area (Å²) in [6.45, 7) is 1.02. The Morgan fingerprint density at radius 2 is 1.85 bits per heavy atom. The van der Waals surface area contributed by atoms with E-state index < -0.39 is 0 Å². The Hall–Kier alpha value is -2.29. The minimum absolute atomic E-state index is 0.0587. The highest BCUT2D eigenvalue weighted by molar-refractivity contribution is 5.79. The maximum atomic E-state index is 12.2. The zero-order valence-corrected chi connectivity index (χ0v) is 11.2. The van der Waals surface area contributed by atoms with Crippen LogP contribution in [0.2, 0.25) is 0 Å². The van der Waals surface area contributed by atoms with Crippen LogP contribution in [0.25, 0.3) is 0 Å². The number of hydrogen-bond donors (Lipinski definition) is 1. The molecule has 2 aromatic rings. The lowest BCUT2D eigenvalue weighted by Gasteiger charge is -2.24. The van der Waals surface area contributed by atoms with E-state index in [9.17, 15) is 4.79 Å². The Labute approximate surface area is 118 Å². The highest BCUT2D eigenvalue weighted by atomic mass is 16.5. The van der Waals surface area contributed by atoms with E-state index in [-0.39, 0.29) is 11.8 Å². The van der Waals surface area contributed by atoms with Gasteiger partial charge in [-0.1, -0.05) is 48.5 Å². The zero-order chi connectivity index (χ0) is 13.8. The van der Waals surface area contributed by atoms with Gasteiger partial charge in [0.15, 0.2) is 0 Å². The summed E-state index contributed by atoms with van der Waals surface area (Å²) in [6.07, 6.45) is 0.747. The number of fused-ring (bicyclic) bond motifs is 1. The molecule has 1 atom stereocenters. The topological polar surface area (TPSA) is 38.3 Å². The molecule has 0 aliphatic carbocycles. The molecule has 0 saturated carbocycles. The summed E-state index contributed by atoms with van der Waals surface area (Å²) in [5.41, 5.74) is 2.22. The Balaban J connectivity index is 1.59. The van der Waals surface area contributed by atoms with Crippen molar-refractivity contribution in [2.45, 2.75) is 13.0 Å². The maximum absolute atomic E-state index is 12.2. The minimum atomic E-state index is -0.103. The number of nitrogens with one attached hydrogen (secondary N) is 1. The fraction of sp³-hybridized carbons (Fsp3) is 0.235. The molecule has 1 heterocycles. The first-order valence-corrected chi connectivity index (χ1v) is 6.85. The summed E-state index contributed by atoms with van der Waals surface area (Å²) in [5.74, 6) is 0.858. The molecule has 20 heavy (non-hydrogen) atoms. The van der Waals surface area contributed by atoms with E-state index >= 15 is 0 Å². The molecule has 1 aliphatic heterocycles. The van der Waals surface area contributed by atoms with Gasteiger partial charge in [-0.05, 0) is 23.6 Å². The van der Waals surface area contributed by atoms with Crippen molar-refractivity contribution in [3.8, 4) is 5.75 Å². The fourth-order valence-corrected chi connectivity index (χ4v) is 2.43. The number of carbonyl (C=O) groups is 1. The number of benzene rings is 2. The molecule has 0 saturated heterocycles.